The van der Waals surface area contributed by atoms with Crippen molar-refractivity contribution < 1.29 is 4.79 Å². The monoisotopic (exact) mass is 289 g/mol. The van der Waals surface area contributed by atoms with Gasteiger partial charge in [-0.1, -0.05) is 24.6 Å². The van der Waals surface area contributed by atoms with Crippen LogP contribution < -0.4 is 10.6 Å². The summed E-state index contributed by atoms with van der Waals surface area (Å²) in [6.45, 7) is 3.90. The quantitative estimate of drug-likeness (QED) is 0.872. The normalized spacial score (nSPS) is 21.7. The van der Waals surface area contributed by atoms with E-state index >= 15 is 0 Å². The van der Waals surface area contributed by atoms with Crippen molar-refractivity contribution in [1.82, 2.24) is 4.90 Å². The third kappa shape index (κ3) is 3.83. The molecule has 4 heteroatoms. The summed E-state index contributed by atoms with van der Waals surface area (Å²) in [5.74, 6) is 0.698. The second-order valence-electron chi connectivity index (χ2n) is 5.88. The number of amides is 1. The van der Waals surface area contributed by atoms with E-state index < -0.39 is 0 Å². The zero-order valence-corrected chi connectivity index (χ0v) is 13.2. The van der Waals surface area contributed by atoms with Crippen LogP contribution in [0.3, 0.4) is 0 Å². The molecule has 1 aromatic rings. The van der Waals surface area contributed by atoms with Crippen molar-refractivity contribution in [1.29, 1.82) is 0 Å². The summed E-state index contributed by atoms with van der Waals surface area (Å²) >= 11 is 0. The number of rotatable bonds is 6. The van der Waals surface area contributed by atoms with E-state index in [9.17, 15) is 4.79 Å². The summed E-state index contributed by atoms with van der Waals surface area (Å²) in [7, 11) is 2.05. The van der Waals surface area contributed by atoms with Gasteiger partial charge < -0.3 is 10.6 Å². The average molecular weight is 289 g/mol. The first kappa shape index (κ1) is 16.0. The number of likely N-dealkylation sites (N-methyl/N-ethyl adjacent to an activating group) is 2. The third-order valence-corrected chi connectivity index (χ3v) is 4.56. The Kier molecular flexibility index (Phi) is 5.76. The van der Waals surface area contributed by atoms with Crippen molar-refractivity contribution in [3.8, 4) is 0 Å². The fourth-order valence-corrected chi connectivity index (χ4v) is 3.40. The molecule has 2 rings (SSSR count). The minimum Gasteiger partial charge on any atom is -0.330 e. The van der Waals surface area contributed by atoms with Crippen LogP contribution in [0.25, 0.3) is 0 Å². The Balaban J connectivity index is 1.99. The highest BCUT2D eigenvalue weighted by Gasteiger charge is 2.30. The van der Waals surface area contributed by atoms with Crippen molar-refractivity contribution in [2.24, 2.45) is 11.7 Å². The highest BCUT2D eigenvalue weighted by atomic mass is 16.2. The van der Waals surface area contributed by atoms with E-state index in [1.807, 2.05) is 42.2 Å². The molecule has 1 aliphatic carbocycles. The maximum absolute atomic E-state index is 12.6. The number of anilines is 1. The first-order valence-corrected chi connectivity index (χ1v) is 7.93. The Labute approximate surface area is 127 Å². The molecule has 0 heterocycles. The zero-order valence-electron chi connectivity index (χ0n) is 13.2. The Hall–Kier alpha value is -1.39. The molecule has 0 aromatic heterocycles. The second kappa shape index (κ2) is 7.57. The molecule has 0 spiro atoms. The van der Waals surface area contributed by atoms with Gasteiger partial charge in [0.25, 0.3) is 0 Å². The predicted molar refractivity (Wildman–Crippen MR) is 87.3 cm³/mol. The number of hydrogen-bond acceptors (Lipinski definition) is 3. The predicted octanol–water partition coefficient (Wildman–Crippen LogP) is 2.10. The van der Waals surface area contributed by atoms with Gasteiger partial charge in [-0.25, -0.2) is 0 Å². The SMILES string of the molecule is CCN(C(=O)CN(C)C1CCCC1CN)c1ccccc1. The van der Waals surface area contributed by atoms with Crippen molar-refractivity contribution in [3.05, 3.63) is 30.3 Å². The topological polar surface area (TPSA) is 49.6 Å². The van der Waals surface area contributed by atoms with Gasteiger partial charge in [-0.05, 0) is 51.4 Å². The summed E-state index contributed by atoms with van der Waals surface area (Å²) in [6, 6.07) is 10.3. The molecular formula is C17H27N3O. The number of hydrogen-bond donors (Lipinski definition) is 1. The average Bonchev–Trinajstić information content (AvgIpc) is 2.97. The lowest BCUT2D eigenvalue weighted by Gasteiger charge is -2.31. The molecule has 0 radical (unpaired) electrons. The zero-order chi connectivity index (χ0) is 15.2. The highest BCUT2D eigenvalue weighted by Crippen LogP contribution is 2.28. The van der Waals surface area contributed by atoms with Crippen molar-refractivity contribution in [2.75, 3.05) is 31.6 Å². The molecule has 1 fully saturated rings. The van der Waals surface area contributed by atoms with E-state index in [4.69, 9.17) is 5.73 Å². The fourth-order valence-electron chi connectivity index (χ4n) is 3.40. The van der Waals surface area contributed by atoms with Gasteiger partial charge in [0.1, 0.15) is 0 Å². The summed E-state index contributed by atoms with van der Waals surface area (Å²) in [5.41, 5.74) is 6.82. The summed E-state index contributed by atoms with van der Waals surface area (Å²) in [5, 5.41) is 0. The lowest BCUT2D eigenvalue weighted by atomic mass is 10.0. The maximum atomic E-state index is 12.6. The number of carbonyl (C=O) groups excluding carboxylic acids is 1. The van der Waals surface area contributed by atoms with Crippen LogP contribution in [0.15, 0.2) is 30.3 Å². The molecule has 1 aliphatic rings. The molecule has 1 saturated carbocycles. The van der Waals surface area contributed by atoms with Crippen molar-refractivity contribution >= 4 is 11.6 Å². The molecule has 2 atom stereocenters. The second-order valence-corrected chi connectivity index (χ2v) is 5.88. The minimum atomic E-state index is 0.161. The number of benzene rings is 1. The summed E-state index contributed by atoms with van der Waals surface area (Å²) < 4.78 is 0. The molecule has 4 nitrogen and oxygen atoms in total. The van der Waals surface area contributed by atoms with E-state index in [1.54, 1.807) is 0 Å². The van der Waals surface area contributed by atoms with Crippen LogP contribution >= 0.6 is 0 Å². The van der Waals surface area contributed by atoms with Crippen LogP contribution in [0, 0.1) is 5.92 Å². The Morgan fingerprint density at radius 1 is 1.29 bits per heavy atom. The minimum absolute atomic E-state index is 0.161. The molecule has 116 valence electrons. The first-order chi connectivity index (χ1) is 10.2. The number of para-hydroxylation sites is 1. The molecule has 2 N–H and O–H groups in total. The van der Waals surface area contributed by atoms with Crippen molar-refractivity contribution in [3.63, 3.8) is 0 Å². The molecule has 1 amide bonds. The fraction of sp³-hybridized carbons (Fsp3) is 0.588. The van der Waals surface area contributed by atoms with E-state index in [0.29, 0.717) is 25.0 Å². The number of nitrogens with zero attached hydrogens (tertiary/aromatic N) is 2. The highest BCUT2D eigenvalue weighted by molar-refractivity contribution is 5.94. The van der Waals surface area contributed by atoms with E-state index in [1.165, 1.54) is 12.8 Å². The largest absolute Gasteiger partial charge is 0.330 e. The standard InChI is InChI=1S/C17H27N3O/c1-3-20(15-9-5-4-6-10-15)17(21)13-19(2)16-11-7-8-14(16)12-18/h4-6,9-10,14,16H,3,7-8,11-13,18H2,1-2H3. The van der Waals surface area contributed by atoms with Crippen LogP contribution in [0.4, 0.5) is 5.69 Å². The van der Waals surface area contributed by atoms with Crippen LogP contribution in [0.5, 0.6) is 0 Å². The van der Waals surface area contributed by atoms with Crippen LogP contribution in [0.2, 0.25) is 0 Å². The molecule has 1 aromatic carbocycles. The Bertz CT molecular complexity index is 449. The Morgan fingerprint density at radius 2 is 2.00 bits per heavy atom. The first-order valence-electron chi connectivity index (χ1n) is 7.93. The van der Waals surface area contributed by atoms with E-state index in [2.05, 4.69) is 11.9 Å². The van der Waals surface area contributed by atoms with E-state index in [0.717, 1.165) is 18.7 Å². The molecule has 0 saturated heterocycles. The van der Waals surface area contributed by atoms with Crippen LogP contribution in [-0.2, 0) is 4.79 Å². The third-order valence-electron chi connectivity index (χ3n) is 4.56. The van der Waals surface area contributed by atoms with Gasteiger partial charge in [0.2, 0.25) is 5.91 Å². The molecule has 0 bridgehead atoms. The molecule has 21 heavy (non-hydrogen) atoms. The van der Waals surface area contributed by atoms with Gasteiger partial charge in [-0.15, -0.1) is 0 Å². The van der Waals surface area contributed by atoms with Crippen LogP contribution in [0.1, 0.15) is 26.2 Å². The maximum Gasteiger partial charge on any atom is 0.241 e. The van der Waals surface area contributed by atoms with Gasteiger partial charge in [-0.2, -0.15) is 0 Å². The van der Waals surface area contributed by atoms with Gasteiger partial charge in [0.15, 0.2) is 0 Å². The van der Waals surface area contributed by atoms with Gasteiger partial charge in [0.05, 0.1) is 6.54 Å². The lowest BCUT2D eigenvalue weighted by molar-refractivity contribution is -0.120. The molecule has 0 aliphatic heterocycles. The van der Waals surface area contributed by atoms with Gasteiger partial charge in [-0.3, -0.25) is 9.69 Å². The van der Waals surface area contributed by atoms with Gasteiger partial charge in [0, 0.05) is 18.3 Å². The van der Waals surface area contributed by atoms with E-state index in [-0.39, 0.29) is 5.91 Å². The lowest BCUT2D eigenvalue weighted by Crippen LogP contribution is -2.45. The number of nitrogens with two attached hydrogens (primary N) is 1. The molecule has 2 unspecified atom stereocenters. The van der Waals surface area contributed by atoms with Crippen LogP contribution in [-0.4, -0.2) is 43.5 Å². The number of carbonyl (C=O) groups is 1. The summed E-state index contributed by atoms with van der Waals surface area (Å²) in [4.78, 5) is 16.6. The summed E-state index contributed by atoms with van der Waals surface area (Å²) in [6.07, 6.45) is 3.57. The van der Waals surface area contributed by atoms with Gasteiger partial charge >= 0.3 is 0 Å². The smallest absolute Gasteiger partial charge is 0.241 e. The van der Waals surface area contributed by atoms with Crippen molar-refractivity contribution in [2.45, 2.75) is 32.2 Å². The molecular weight excluding hydrogens is 262 g/mol. The Morgan fingerprint density at radius 3 is 2.62 bits per heavy atom.